The molecule has 3 aromatic rings. The minimum Gasteiger partial charge on any atom is -0.268 e. The number of para-hydroxylation sites is 1. The first-order valence-corrected chi connectivity index (χ1v) is 11.5. The van der Waals surface area contributed by atoms with E-state index in [0.717, 1.165) is 21.6 Å². The third-order valence-electron chi connectivity index (χ3n) is 4.41. The number of thioether (sulfide) groups is 1. The van der Waals surface area contributed by atoms with Gasteiger partial charge in [-0.1, -0.05) is 65.5 Å². The van der Waals surface area contributed by atoms with Gasteiger partial charge in [0.05, 0.1) is 20.4 Å². The van der Waals surface area contributed by atoms with Gasteiger partial charge in [-0.05, 0) is 54.1 Å². The summed E-state index contributed by atoms with van der Waals surface area (Å²) in [5.41, 5.74) is 0.438. The Kier molecular flexibility index (Phi) is 6.61. The molecule has 1 aliphatic rings. The maximum absolute atomic E-state index is 14.2. The fourth-order valence-electron chi connectivity index (χ4n) is 2.94. The van der Waals surface area contributed by atoms with Crippen molar-refractivity contribution in [1.82, 2.24) is 0 Å². The number of thiocarbonyl (C=S) groups is 1. The Balaban J connectivity index is 1.64. The molecular weight excluding hydrogens is 491 g/mol. The van der Waals surface area contributed by atoms with Gasteiger partial charge in [-0.3, -0.25) is 19.8 Å². The summed E-state index contributed by atoms with van der Waals surface area (Å²) in [5.74, 6) is -1.04. The van der Waals surface area contributed by atoms with Gasteiger partial charge in [0.2, 0.25) is 0 Å². The van der Waals surface area contributed by atoms with Crippen molar-refractivity contribution < 1.29 is 14.1 Å². The lowest BCUT2D eigenvalue weighted by atomic mass is 10.2. The lowest BCUT2D eigenvalue weighted by Crippen LogP contribution is -2.28. The first kappa shape index (κ1) is 22.5. The highest BCUT2D eigenvalue weighted by Crippen LogP contribution is 2.39. The molecule has 1 saturated heterocycles. The van der Waals surface area contributed by atoms with Crippen molar-refractivity contribution in [2.24, 2.45) is 0 Å². The minimum absolute atomic E-state index is 0.0686. The first-order chi connectivity index (χ1) is 15.3. The second-order valence-electron chi connectivity index (χ2n) is 6.51. The Hall–Kier alpha value is -2.72. The van der Waals surface area contributed by atoms with Crippen LogP contribution in [-0.4, -0.2) is 15.2 Å². The molecular formula is C22H12ClFN2O3S3. The van der Waals surface area contributed by atoms with Gasteiger partial charge < -0.3 is 0 Å². The van der Waals surface area contributed by atoms with E-state index in [9.17, 15) is 19.3 Å². The number of hydrogen-bond acceptors (Lipinski definition) is 6. The Morgan fingerprint density at radius 2 is 1.84 bits per heavy atom. The van der Waals surface area contributed by atoms with Gasteiger partial charge in [-0.25, -0.2) is 4.39 Å². The smallest absolute Gasteiger partial charge is 0.268 e. The molecule has 0 aromatic heterocycles. The van der Waals surface area contributed by atoms with Crippen LogP contribution in [0.5, 0.6) is 0 Å². The molecule has 0 spiro atoms. The molecule has 3 aromatic carbocycles. The van der Waals surface area contributed by atoms with Gasteiger partial charge in [0.15, 0.2) is 4.32 Å². The van der Waals surface area contributed by atoms with Crippen LogP contribution < -0.4 is 4.90 Å². The molecule has 32 heavy (non-hydrogen) atoms. The summed E-state index contributed by atoms with van der Waals surface area (Å²) in [5, 5.41) is 12.2. The van der Waals surface area contributed by atoms with Crippen molar-refractivity contribution in [3.8, 4) is 0 Å². The van der Waals surface area contributed by atoms with E-state index in [-0.39, 0.29) is 20.6 Å². The van der Waals surface area contributed by atoms with E-state index in [0.29, 0.717) is 15.5 Å². The molecule has 0 bridgehead atoms. The zero-order chi connectivity index (χ0) is 22.8. The number of carbonyl (C=O) groups excluding carboxylic acids is 1. The van der Waals surface area contributed by atoms with Crippen molar-refractivity contribution in [3.63, 3.8) is 0 Å². The van der Waals surface area contributed by atoms with Gasteiger partial charge in [-0.2, -0.15) is 0 Å². The van der Waals surface area contributed by atoms with Crippen molar-refractivity contribution in [2.75, 3.05) is 4.90 Å². The largest absolute Gasteiger partial charge is 0.283 e. The number of nitro groups is 1. The zero-order valence-corrected chi connectivity index (χ0v) is 19.2. The lowest BCUT2D eigenvalue weighted by molar-refractivity contribution is -0.387. The first-order valence-electron chi connectivity index (χ1n) is 9.08. The highest BCUT2D eigenvalue weighted by molar-refractivity contribution is 8.27. The Bertz CT molecular complexity index is 1280. The molecule has 0 radical (unpaired) electrons. The van der Waals surface area contributed by atoms with Crippen molar-refractivity contribution in [3.05, 3.63) is 98.2 Å². The highest BCUT2D eigenvalue weighted by Gasteiger charge is 2.34. The number of amides is 1. The fourth-order valence-corrected chi connectivity index (χ4v) is 5.25. The quantitative estimate of drug-likeness (QED) is 0.163. The van der Waals surface area contributed by atoms with Gasteiger partial charge in [0.1, 0.15) is 5.82 Å². The van der Waals surface area contributed by atoms with E-state index >= 15 is 0 Å². The predicted octanol–water partition coefficient (Wildman–Crippen LogP) is 6.94. The molecule has 1 heterocycles. The molecule has 4 rings (SSSR count). The summed E-state index contributed by atoms with van der Waals surface area (Å²) in [6.07, 6.45) is 1.52. The summed E-state index contributed by atoms with van der Waals surface area (Å²) in [4.78, 5) is 26.7. The topological polar surface area (TPSA) is 63.4 Å². The van der Waals surface area contributed by atoms with Crippen LogP contribution in [0.4, 0.5) is 15.8 Å². The molecule has 0 aliphatic carbocycles. The minimum atomic E-state index is -0.565. The zero-order valence-electron chi connectivity index (χ0n) is 16.0. The van der Waals surface area contributed by atoms with Crippen LogP contribution >= 0.6 is 47.3 Å². The Morgan fingerprint density at radius 1 is 1.12 bits per heavy atom. The molecule has 1 amide bonds. The summed E-state index contributed by atoms with van der Waals surface area (Å²) in [6.45, 7) is 0. The van der Waals surface area contributed by atoms with E-state index in [2.05, 4.69) is 0 Å². The number of hydrogen-bond donors (Lipinski definition) is 0. The normalized spacial score (nSPS) is 14.9. The molecule has 160 valence electrons. The lowest BCUT2D eigenvalue weighted by Gasteiger charge is -2.14. The van der Waals surface area contributed by atoms with Crippen LogP contribution in [0.1, 0.15) is 5.56 Å². The number of carbonyl (C=O) groups is 1. The number of nitro benzene ring substituents is 1. The molecule has 0 unspecified atom stereocenters. The molecule has 1 fully saturated rings. The second kappa shape index (κ2) is 9.41. The third-order valence-corrected chi connectivity index (χ3v) is 7.03. The van der Waals surface area contributed by atoms with Crippen LogP contribution in [0.2, 0.25) is 5.02 Å². The highest BCUT2D eigenvalue weighted by atomic mass is 35.5. The number of anilines is 1. The van der Waals surface area contributed by atoms with E-state index in [1.54, 1.807) is 42.5 Å². The van der Waals surface area contributed by atoms with Crippen LogP contribution in [0.15, 0.2) is 81.4 Å². The van der Waals surface area contributed by atoms with E-state index < -0.39 is 16.6 Å². The molecule has 10 heteroatoms. The van der Waals surface area contributed by atoms with Gasteiger partial charge in [-0.15, -0.1) is 0 Å². The maximum Gasteiger partial charge on any atom is 0.283 e. The van der Waals surface area contributed by atoms with Gasteiger partial charge in [0.25, 0.3) is 11.6 Å². The summed E-state index contributed by atoms with van der Waals surface area (Å²) < 4.78 is 14.4. The maximum atomic E-state index is 14.2. The van der Waals surface area contributed by atoms with Crippen LogP contribution in [0.3, 0.4) is 0 Å². The predicted molar refractivity (Wildman–Crippen MR) is 131 cm³/mol. The van der Waals surface area contributed by atoms with Crippen molar-refractivity contribution in [1.29, 1.82) is 0 Å². The number of nitrogens with zero attached hydrogens (tertiary/aromatic N) is 2. The molecule has 0 saturated carbocycles. The molecule has 0 N–H and O–H groups in total. The molecule has 0 atom stereocenters. The van der Waals surface area contributed by atoms with Crippen LogP contribution in [0.25, 0.3) is 6.08 Å². The van der Waals surface area contributed by atoms with E-state index in [1.807, 2.05) is 0 Å². The molecule has 5 nitrogen and oxygen atoms in total. The summed E-state index contributed by atoms with van der Waals surface area (Å²) in [6, 6.07) is 17.5. The average Bonchev–Trinajstić information content (AvgIpc) is 3.04. The van der Waals surface area contributed by atoms with E-state index in [1.165, 1.54) is 42.1 Å². The summed E-state index contributed by atoms with van der Waals surface area (Å²) in [7, 11) is 0. The Morgan fingerprint density at radius 3 is 2.53 bits per heavy atom. The number of rotatable bonds is 5. The van der Waals surface area contributed by atoms with Crippen LogP contribution in [-0.2, 0) is 4.79 Å². The van der Waals surface area contributed by atoms with Crippen LogP contribution in [0, 0.1) is 15.9 Å². The third kappa shape index (κ3) is 4.71. The number of benzene rings is 3. The Labute approximate surface area is 201 Å². The average molecular weight is 503 g/mol. The van der Waals surface area contributed by atoms with Gasteiger partial charge in [0, 0.05) is 16.0 Å². The van der Waals surface area contributed by atoms with E-state index in [4.69, 9.17) is 23.8 Å². The second-order valence-corrected chi connectivity index (χ2v) is 9.74. The molecule has 1 aliphatic heterocycles. The SMILES string of the molecule is O=C1C(=Cc2ccc(Sc3ccc(Cl)cc3)c([N+](=O)[O-])c2)SC(=S)N1c1ccccc1F. The monoisotopic (exact) mass is 502 g/mol. The van der Waals surface area contributed by atoms with Crippen molar-refractivity contribution in [2.45, 2.75) is 9.79 Å². The number of halogens is 2. The summed E-state index contributed by atoms with van der Waals surface area (Å²) >= 11 is 13.4. The van der Waals surface area contributed by atoms with Crippen molar-refractivity contribution >= 4 is 75.0 Å². The standard InChI is InChI=1S/C22H12ClFN2O3S3/c23-14-6-8-15(9-7-14)31-19-10-5-13(11-18(19)26(28)29)12-20-21(27)25(22(30)32-20)17-4-2-1-3-16(17)24/h1-12H. The fraction of sp³-hybridized carbons (Fsp3) is 0. The van der Waals surface area contributed by atoms with Gasteiger partial charge >= 0.3 is 0 Å².